The molecule has 7 nitrogen and oxygen atoms in total. The fraction of sp³-hybridized carbons (Fsp3) is 0.538. The molecule has 0 aromatic carbocycles. The van der Waals surface area contributed by atoms with Crippen molar-refractivity contribution in [1.82, 2.24) is 20.5 Å². The molecule has 108 valence electrons. The van der Waals surface area contributed by atoms with E-state index in [1.807, 2.05) is 6.07 Å². The first-order valence-electron chi connectivity index (χ1n) is 6.75. The Morgan fingerprint density at radius 3 is 3.00 bits per heavy atom. The smallest absolute Gasteiger partial charge is 0.153 e. The third kappa shape index (κ3) is 3.06. The van der Waals surface area contributed by atoms with Crippen LogP contribution < -0.4 is 5.32 Å². The van der Waals surface area contributed by atoms with Crippen molar-refractivity contribution in [2.24, 2.45) is 0 Å². The maximum atomic E-state index is 8.92. The summed E-state index contributed by atoms with van der Waals surface area (Å²) in [7, 11) is 0. The molecule has 2 atom stereocenters. The molecule has 0 amide bonds. The number of aliphatic hydroxyl groups is 1. The molecule has 0 saturated carbocycles. The Morgan fingerprint density at radius 2 is 2.25 bits per heavy atom. The third-order valence-corrected chi connectivity index (χ3v) is 3.39. The molecule has 0 unspecified atom stereocenters. The molecule has 2 aromatic heterocycles. The van der Waals surface area contributed by atoms with Crippen LogP contribution in [0.15, 0.2) is 22.9 Å². The van der Waals surface area contributed by atoms with E-state index in [1.165, 1.54) is 6.33 Å². The van der Waals surface area contributed by atoms with Gasteiger partial charge in [-0.15, -0.1) is 0 Å². The van der Waals surface area contributed by atoms with Gasteiger partial charge in [-0.05, 0) is 25.0 Å². The monoisotopic (exact) mass is 278 g/mol. The summed E-state index contributed by atoms with van der Waals surface area (Å²) in [4.78, 5) is 4.12. The number of ether oxygens (including phenoxy) is 1. The van der Waals surface area contributed by atoms with Gasteiger partial charge in [-0.3, -0.25) is 5.10 Å². The number of furan rings is 1. The minimum absolute atomic E-state index is 0.0221. The summed E-state index contributed by atoms with van der Waals surface area (Å²) in [6.07, 6.45) is 3.65. The quantitative estimate of drug-likeness (QED) is 0.726. The van der Waals surface area contributed by atoms with Gasteiger partial charge in [0.05, 0.1) is 12.6 Å². The number of nitrogens with one attached hydrogen (secondary N) is 2. The third-order valence-electron chi connectivity index (χ3n) is 3.39. The summed E-state index contributed by atoms with van der Waals surface area (Å²) >= 11 is 0. The Balaban J connectivity index is 1.41. The van der Waals surface area contributed by atoms with Gasteiger partial charge in [-0.2, -0.15) is 5.10 Å². The molecule has 3 N–H and O–H groups in total. The number of aromatic nitrogens is 3. The van der Waals surface area contributed by atoms with E-state index in [4.69, 9.17) is 14.3 Å². The van der Waals surface area contributed by atoms with Crippen LogP contribution in [0.2, 0.25) is 0 Å². The van der Waals surface area contributed by atoms with Gasteiger partial charge in [0.25, 0.3) is 0 Å². The highest BCUT2D eigenvalue weighted by Crippen LogP contribution is 2.29. The van der Waals surface area contributed by atoms with Gasteiger partial charge in [-0.1, -0.05) is 0 Å². The lowest BCUT2D eigenvalue weighted by molar-refractivity contribution is 0.0398. The van der Waals surface area contributed by atoms with Crippen molar-refractivity contribution in [3.63, 3.8) is 0 Å². The highest BCUT2D eigenvalue weighted by molar-refractivity contribution is 5.06. The Morgan fingerprint density at radius 1 is 1.35 bits per heavy atom. The first-order chi connectivity index (χ1) is 9.85. The van der Waals surface area contributed by atoms with Gasteiger partial charge in [0.1, 0.15) is 30.6 Å². The molecular weight excluding hydrogens is 260 g/mol. The van der Waals surface area contributed by atoms with Crippen molar-refractivity contribution in [3.05, 3.63) is 35.8 Å². The van der Waals surface area contributed by atoms with Crippen molar-refractivity contribution in [2.75, 3.05) is 6.54 Å². The van der Waals surface area contributed by atoms with Crippen molar-refractivity contribution in [2.45, 2.75) is 38.2 Å². The second-order valence-electron chi connectivity index (χ2n) is 4.85. The summed E-state index contributed by atoms with van der Waals surface area (Å²) in [5.74, 6) is 2.20. The van der Waals surface area contributed by atoms with Crippen LogP contribution in [-0.2, 0) is 17.9 Å². The summed E-state index contributed by atoms with van der Waals surface area (Å²) in [5.41, 5.74) is 0. The van der Waals surface area contributed by atoms with E-state index >= 15 is 0 Å². The van der Waals surface area contributed by atoms with Crippen molar-refractivity contribution in [1.29, 1.82) is 0 Å². The van der Waals surface area contributed by atoms with Crippen LogP contribution in [0, 0.1) is 0 Å². The van der Waals surface area contributed by atoms with Crippen molar-refractivity contribution in [3.8, 4) is 0 Å². The topological polar surface area (TPSA) is 96.2 Å². The Hall–Kier alpha value is -1.70. The SMILES string of the molecule is OCc1ccc(CNC[C@H]2CC[C@@H](c3ncn[nH]3)O2)o1. The number of hydrogen-bond donors (Lipinski definition) is 3. The normalized spacial score (nSPS) is 22.4. The fourth-order valence-corrected chi connectivity index (χ4v) is 2.39. The lowest BCUT2D eigenvalue weighted by Gasteiger charge is -2.12. The van der Waals surface area contributed by atoms with E-state index in [0.717, 1.165) is 31.0 Å². The van der Waals surface area contributed by atoms with Gasteiger partial charge >= 0.3 is 0 Å². The molecule has 0 bridgehead atoms. The number of hydrogen-bond acceptors (Lipinski definition) is 6. The van der Waals surface area contributed by atoms with E-state index in [2.05, 4.69) is 20.5 Å². The Bertz CT molecular complexity index is 525. The molecule has 7 heteroatoms. The summed E-state index contributed by atoms with van der Waals surface area (Å²) in [6, 6.07) is 3.65. The van der Waals surface area contributed by atoms with Crippen molar-refractivity contribution >= 4 is 0 Å². The lowest BCUT2D eigenvalue weighted by atomic mass is 10.2. The predicted octanol–water partition coefficient (Wildman–Crippen LogP) is 0.900. The number of aromatic amines is 1. The minimum Gasteiger partial charge on any atom is -0.462 e. The lowest BCUT2D eigenvalue weighted by Crippen LogP contribution is -2.26. The van der Waals surface area contributed by atoms with Crippen LogP contribution in [0.5, 0.6) is 0 Å². The second kappa shape index (κ2) is 6.17. The highest BCUT2D eigenvalue weighted by Gasteiger charge is 2.27. The number of aliphatic hydroxyl groups excluding tert-OH is 1. The molecule has 3 rings (SSSR count). The first kappa shape index (κ1) is 13.3. The molecule has 1 fully saturated rings. The highest BCUT2D eigenvalue weighted by atomic mass is 16.5. The molecule has 20 heavy (non-hydrogen) atoms. The molecule has 3 heterocycles. The number of nitrogens with zero attached hydrogens (tertiary/aromatic N) is 2. The molecule has 0 radical (unpaired) electrons. The van der Waals surface area contributed by atoms with E-state index in [-0.39, 0.29) is 18.8 Å². The van der Waals surface area contributed by atoms with Crippen LogP contribution in [0.4, 0.5) is 0 Å². The molecule has 0 aliphatic carbocycles. The van der Waals surface area contributed by atoms with Gasteiger partial charge in [0, 0.05) is 6.54 Å². The zero-order valence-electron chi connectivity index (χ0n) is 11.1. The number of H-pyrrole nitrogens is 1. The van der Waals surface area contributed by atoms with E-state index < -0.39 is 0 Å². The van der Waals surface area contributed by atoms with Gasteiger partial charge in [0.15, 0.2) is 5.82 Å². The van der Waals surface area contributed by atoms with E-state index in [0.29, 0.717) is 12.3 Å². The largest absolute Gasteiger partial charge is 0.462 e. The van der Waals surface area contributed by atoms with Gasteiger partial charge in [0.2, 0.25) is 0 Å². The Kier molecular flexibility index (Phi) is 4.10. The second-order valence-corrected chi connectivity index (χ2v) is 4.85. The summed E-state index contributed by atoms with van der Waals surface area (Å²) < 4.78 is 11.3. The first-order valence-corrected chi connectivity index (χ1v) is 6.75. The molecule has 1 aliphatic heterocycles. The van der Waals surface area contributed by atoms with Gasteiger partial charge < -0.3 is 19.6 Å². The maximum Gasteiger partial charge on any atom is 0.153 e. The standard InChI is InChI=1S/C13H18N4O3/c18-7-11-2-1-9(19-11)5-14-6-10-3-4-12(20-10)13-15-8-16-17-13/h1-2,8,10,12,14,18H,3-7H2,(H,15,16,17)/t10-,12+/m1/s1. The van der Waals surface area contributed by atoms with Crippen LogP contribution in [0.1, 0.15) is 36.3 Å². The summed E-state index contributed by atoms with van der Waals surface area (Å²) in [5, 5.41) is 18.9. The molecule has 0 spiro atoms. The zero-order valence-corrected chi connectivity index (χ0v) is 11.1. The molecule has 2 aromatic rings. The van der Waals surface area contributed by atoms with Gasteiger partial charge in [-0.25, -0.2) is 4.98 Å². The molecule has 1 aliphatic rings. The van der Waals surface area contributed by atoms with Crippen molar-refractivity contribution < 1.29 is 14.3 Å². The average Bonchev–Trinajstić information content (AvgIpc) is 3.20. The van der Waals surface area contributed by atoms with Crippen LogP contribution in [0.25, 0.3) is 0 Å². The predicted molar refractivity (Wildman–Crippen MR) is 69.6 cm³/mol. The van der Waals surface area contributed by atoms with Crippen LogP contribution in [-0.4, -0.2) is 32.9 Å². The van der Waals surface area contributed by atoms with Crippen LogP contribution in [0.3, 0.4) is 0 Å². The maximum absolute atomic E-state index is 8.92. The van der Waals surface area contributed by atoms with E-state index in [1.54, 1.807) is 6.07 Å². The average molecular weight is 278 g/mol. The molecule has 1 saturated heterocycles. The fourth-order valence-electron chi connectivity index (χ4n) is 2.39. The Labute approximate surface area is 116 Å². The molecular formula is C13H18N4O3. The van der Waals surface area contributed by atoms with E-state index in [9.17, 15) is 0 Å². The zero-order chi connectivity index (χ0) is 13.8. The summed E-state index contributed by atoms with van der Waals surface area (Å²) in [6.45, 7) is 1.33. The minimum atomic E-state index is -0.0649. The number of rotatable bonds is 6. The van der Waals surface area contributed by atoms with Crippen LogP contribution >= 0.6 is 0 Å².